The zero-order valence-corrected chi connectivity index (χ0v) is 13.5. The molecule has 0 radical (unpaired) electrons. The molecule has 1 N–H and O–H groups in total. The molecule has 1 aliphatic rings. The first-order valence-electron chi connectivity index (χ1n) is 7.65. The molecule has 0 aliphatic carbocycles. The number of hydrogen-bond acceptors (Lipinski definition) is 5. The molecular formula is C16H22N4O2. The molecule has 0 saturated carbocycles. The van der Waals surface area contributed by atoms with E-state index in [1.807, 2.05) is 11.0 Å². The fourth-order valence-electron chi connectivity index (χ4n) is 2.80. The minimum atomic E-state index is -0.156. The highest BCUT2D eigenvalue weighted by Crippen LogP contribution is 2.29. The van der Waals surface area contributed by atoms with Gasteiger partial charge in [0.05, 0.1) is 16.6 Å². The minimum Gasteiger partial charge on any atom is -0.336 e. The lowest BCUT2D eigenvalue weighted by Crippen LogP contribution is -2.52. The number of fused-ring (bicyclic) bond motifs is 1. The zero-order chi connectivity index (χ0) is 15.9. The molecule has 0 bridgehead atoms. The molecule has 0 spiro atoms. The molecule has 6 heteroatoms. The Morgan fingerprint density at radius 2 is 2.23 bits per heavy atom. The monoisotopic (exact) mass is 302 g/mol. The summed E-state index contributed by atoms with van der Waals surface area (Å²) in [6, 6.07) is 2.04. The van der Waals surface area contributed by atoms with E-state index in [0.717, 1.165) is 24.2 Å². The van der Waals surface area contributed by atoms with Crippen molar-refractivity contribution in [2.45, 2.75) is 39.2 Å². The van der Waals surface area contributed by atoms with Crippen LogP contribution < -0.4 is 5.32 Å². The van der Waals surface area contributed by atoms with Gasteiger partial charge >= 0.3 is 0 Å². The maximum Gasteiger partial charge on any atom is 0.257 e. The number of nitrogens with zero attached hydrogens (tertiary/aromatic N) is 3. The highest BCUT2D eigenvalue weighted by atomic mass is 16.5. The lowest BCUT2D eigenvalue weighted by atomic mass is 9.90. The van der Waals surface area contributed by atoms with Crippen LogP contribution >= 0.6 is 0 Å². The van der Waals surface area contributed by atoms with Gasteiger partial charge in [0.25, 0.3) is 11.6 Å². The third-order valence-electron chi connectivity index (χ3n) is 4.05. The molecule has 3 rings (SSSR count). The van der Waals surface area contributed by atoms with Gasteiger partial charge in [0.2, 0.25) is 0 Å². The summed E-state index contributed by atoms with van der Waals surface area (Å²) in [5, 5.41) is 8.23. The van der Waals surface area contributed by atoms with Crippen LogP contribution in [0.2, 0.25) is 0 Å². The van der Waals surface area contributed by atoms with E-state index in [1.54, 1.807) is 6.20 Å². The number of amides is 1. The smallest absolute Gasteiger partial charge is 0.257 e. The molecule has 6 nitrogen and oxygen atoms in total. The van der Waals surface area contributed by atoms with Crippen LogP contribution in [0.5, 0.6) is 0 Å². The van der Waals surface area contributed by atoms with E-state index >= 15 is 0 Å². The van der Waals surface area contributed by atoms with Crippen LogP contribution in [0, 0.1) is 0 Å². The molecular weight excluding hydrogens is 280 g/mol. The predicted octanol–water partition coefficient (Wildman–Crippen LogP) is 1.95. The Morgan fingerprint density at radius 3 is 2.91 bits per heavy atom. The summed E-state index contributed by atoms with van der Waals surface area (Å²) in [5.41, 5.74) is 1.75. The molecule has 2 aromatic heterocycles. The van der Waals surface area contributed by atoms with Crippen LogP contribution in [0.1, 0.15) is 43.7 Å². The first-order valence-corrected chi connectivity index (χ1v) is 7.65. The average Bonchev–Trinajstić information content (AvgIpc) is 2.90. The van der Waals surface area contributed by atoms with Gasteiger partial charge in [-0.3, -0.25) is 4.79 Å². The number of aromatic nitrogens is 2. The summed E-state index contributed by atoms with van der Waals surface area (Å²) < 4.78 is 5.28. The highest BCUT2D eigenvalue weighted by molar-refractivity contribution is 5.97. The van der Waals surface area contributed by atoms with Crippen molar-refractivity contribution < 1.29 is 9.32 Å². The first-order chi connectivity index (χ1) is 10.4. The molecule has 0 unspecified atom stereocenters. The zero-order valence-electron chi connectivity index (χ0n) is 13.5. The van der Waals surface area contributed by atoms with Gasteiger partial charge in [0.1, 0.15) is 0 Å². The fraction of sp³-hybridized carbons (Fsp3) is 0.562. The normalized spacial score (nSPS) is 19.6. The number of carbonyl (C=O) groups is 1. The Labute approximate surface area is 129 Å². The van der Waals surface area contributed by atoms with Crippen LogP contribution in [0.25, 0.3) is 11.1 Å². The van der Waals surface area contributed by atoms with E-state index in [4.69, 9.17) is 4.52 Å². The van der Waals surface area contributed by atoms with Crippen molar-refractivity contribution in [3.63, 3.8) is 0 Å². The van der Waals surface area contributed by atoms with E-state index in [2.05, 4.69) is 43.2 Å². The van der Waals surface area contributed by atoms with E-state index in [9.17, 15) is 4.79 Å². The fourth-order valence-corrected chi connectivity index (χ4v) is 2.80. The van der Waals surface area contributed by atoms with Gasteiger partial charge in [-0.05, 0) is 13.0 Å². The lowest BCUT2D eigenvalue weighted by molar-refractivity contribution is 0.0655. The highest BCUT2D eigenvalue weighted by Gasteiger charge is 2.27. The summed E-state index contributed by atoms with van der Waals surface area (Å²) in [4.78, 5) is 18.9. The Kier molecular flexibility index (Phi) is 3.64. The molecule has 1 saturated heterocycles. The molecule has 22 heavy (non-hydrogen) atoms. The van der Waals surface area contributed by atoms with Crippen LogP contribution in [0.4, 0.5) is 0 Å². The Morgan fingerprint density at radius 1 is 1.45 bits per heavy atom. The van der Waals surface area contributed by atoms with Crippen LogP contribution in [-0.4, -0.2) is 46.6 Å². The minimum absolute atomic E-state index is 0.0180. The topological polar surface area (TPSA) is 71.3 Å². The van der Waals surface area contributed by atoms with Crippen molar-refractivity contribution in [1.82, 2.24) is 20.4 Å². The van der Waals surface area contributed by atoms with Crippen LogP contribution in [0.3, 0.4) is 0 Å². The number of carbonyl (C=O) groups excluding carboxylic acids is 1. The molecule has 118 valence electrons. The van der Waals surface area contributed by atoms with Crippen LogP contribution in [0.15, 0.2) is 16.8 Å². The van der Waals surface area contributed by atoms with E-state index in [1.165, 1.54) is 0 Å². The first kappa shape index (κ1) is 15.0. The SMILES string of the molecule is C[C@@H]1CNCCN1C(=O)c1cnc2onc(C(C)(C)C)c2c1. The molecule has 1 fully saturated rings. The molecule has 0 aromatic carbocycles. The van der Waals surface area contributed by atoms with Gasteiger partial charge in [-0.15, -0.1) is 0 Å². The molecule has 1 atom stereocenters. The van der Waals surface area contributed by atoms with E-state index in [-0.39, 0.29) is 17.4 Å². The van der Waals surface area contributed by atoms with Crippen molar-refractivity contribution in [2.24, 2.45) is 0 Å². The predicted molar refractivity (Wildman–Crippen MR) is 83.9 cm³/mol. The van der Waals surface area contributed by atoms with Crippen molar-refractivity contribution in [3.05, 3.63) is 23.5 Å². The lowest BCUT2D eigenvalue weighted by Gasteiger charge is -2.34. The third kappa shape index (κ3) is 2.59. The molecule has 1 amide bonds. The van der Waals surface area contributed by atoms with Gasteiger partial charge in [-0.2, -0.15) is 0 Å². The number of piperazine rings is 1. The Bertz CT molecular complexity index is 702. The summed E-state index contributed by atoms with van der Waals surface area (Å²) in [6.07, 6.45) is 1.58. The largest absolute Gasteiger partial charge is 0.336 e. The van der Waals surface area contributed by atoms with Gasteiger partial charge in [-0.1, -0.05) is 25.9 Å². The van der Waals surface area contributed by atoms with Crippen molar-refractivity contribution in [1.29, 1.82) is 0 Å². The quantitative estimate of drug-likeness (QED) is 0.872. The summed E-state index contributed by atoms with van der Waals surface area (Å²) in [6.45, 7) is 10.6. The molecule has 1 aliphatic heterocycles. The Balaban J connectivity index is 1.99. The number of hydrogen-bond donors (Lipinski definition) is 1. The maximum atomic E-state index is 12.7. The summed E-state index contributed by atoms with van der Waals surface area (Å²) in [7, 11) is 0. The average molecular weight is 302 g/mol. The van der Waals surface area contributed by atoms with Crippen molar-refractivity contribution >= 4 is 17.0 Å². The Hall–Kier alpha value is -1.95. The van der Waals surface area contributed by atoms with Gasteiger partial charge < -0.3 is 14.7 Å². The van der Waals surface area contributed by atoms with E-state index in [0.29, 0.717) is 17.8 Å². The number of pyridine rings is 1. The van der Waals surface area contributed by atoms with Crippen LogP contribution in [-0.2, 0) is 5.41 Å². The standard InChI is InChI=1S/C16H22N4O2/c1-10-8-17-5-6-20(10)15(21)11-7-12-13(16(2,3)4)19-22-14(12)18-9-11/h7,9-10,17H,5-6,8H2,1-4H3/t10-/m1/s1. The summed E-state index contributed by atoms with van der Waals surface area (Å²) >= 11 is 0. The molecule has 3 heterocycles. The maximum absolute atomic E-state index is 12.7. The third-order valence-corrected chi connectivity index (χ3v) is 4.05. The van der Waals surface area contributed by atoms with Crippen molar-refractivity contribution in [3.8, 4) is 0 Å². The second kappa shape index (κ2) is 5.35. The molecule has 2 aromatic rings. The van der Waals surface area contributed by atoms with Gasteiger partial charge in [-0.25, -0.2) is 4.98 Å². The number of rotatable bonds is 1. The van der Waals surface area contributed by atoms with Gasteiger partial charge in [0.15, 0.2) is 0 Å². The second-order valence-electron chi connectivity index (χ2n) is 6.91. The second-order valence-corrected chi connectivity index (χ2v) is 6.91. The summed E-state index contributed by atoms with van der Waals surface area (Å²) in [5.74, 6) is 0.0180. The number of nitrogens with one attached hydrogen (secondary N) is 1. The van der Waals surface area contributed by atoms with Crippen molar-refractivity contribution in [2.75, 3.05) is 19.6 Å². The van der Waals surface area contributed by atoms with E-state index < -0.39 is 0 Å². The van der Waals surface area contributed by atoms with Gasteiger partial charge in [0, 0.05) is 37.3 Å².